The number of aromatic nitrogens is 1. The Labute approximate surface area is 203 Å². The Hall–Kier alpha value is -3.81. The van der Waals surface area contributed by atoms with Crippen molar-refractivity contribution in [3.8, 4) is 5.75 Å². The number of fused-ring (bicyclic) bond motifs is 2. The van der Waals surface area contributed by atoms with Crippen molar-refractivity contribution >= 4 is 34.3 Å². The van der Waals surface area contributed by atoms with E-state index >= 15 is 0 Å². The maximum absolute atomic E-state index is 13.3. The van der Waals surface area contributed by atoms with E-state index in [0.717, 1.165) is 16.5 Å². The van der Waals surface area contributed by atoms with Crippen molar-refractivity contribution in [2.24, 2.45) is 0 Å². The first-order chi connectivity index (χ1) is 17.0. The first-order valence-electron chi connectivity index (χ1n) is 12.0. The minimum absolute atomic E-state index is 0.0124. The molecule has 0 radical (unpaired) electrons. The van der Waals surface area contributed by atoms with Crippen LogP contribution < -0.4 is 9.64 Å². The van der Waals surface area contributed by atoms with Crippen molar-refractivity contribution in [3.63, 3.8) is 0 Å². The highest BCUT2D eigenvalue weighted by Crippen LogP contribution is 2.45. The number of hydrogen-bond donors (Lipinski definition) is 0. The van der Waals surface area contributed by atoms with Gasteiger partial charge in [0.15, 0.2) is 5.78 Å². The maximum Gasteiger partial charge on any atom is 0.354 e. The highest BCUT2D eigenvalue weighted by atomic mass is 16.5. The summed E-state index contributed by atoms with van der Waals surface area (Å²) < 4.78 is 18.6. The van der Waals surface area contributed by atoms with Gasteiger partial charge in [0.1, 0.15) is 17.5 Å². The fourth-order valence-electron chi connectivity index (χ4n) is 5.03. The van der Waals surface area contributed by atoms with E-state index in [1.807, 2.05) is 41.0 Å². The smallest absolute Gasteiger partial charge is 0.354 e. The molecule has 8 nitrogen and oxygen atoms in total. The van der Waals surface area contributed by atoms with Crippen LogP contribution in [0, 0.1) is 0 Å². The number of ether oxygens (including phenoxy) is 3. The van der Waals surface area contributed by atoms with E-state index in [2.05, 4.69) is 4.90 Å². The van der Waals surface area contributed by atoms with Crippen LogP contribution in [0.25, 0.3) is 10.9 Å². The average Bonchev–Trinajstić information content (AvgIpc) is 3.20. The molecule has 2 aliphatic rings. The molecule has 8 heteroatoms. The summed E-state index contributed by atoms with van der Waals surface area (Å²) in [5.41, 5.74) is 3.50. The second-order valence-corrected chi connectivity index (χ2v) is 8.73. The van der Waals surface area contributed by atoms with Gasteiger partial charge in [-0.05, 0) is 31.5 Å². The van der Waals surface area contributed by atoms with Crippen LogP contribution in [0.3, 0.4) is 0 Å². The number of carbonyl (C=O) groups excluding carboxylic acids is 3. The summed E-state index contributed by atoms with van der Waals surface area (Å²) in [5.74, 6) is -0.191. The van der Waals surface area contributed by atoms with Crippen LogP contribution >= 0.6 is 0 Å². The Morgan fingerprint density at radius 2 is 1.86 bits per heavy atom. The first kappa shape index (κ1) is 23.0. The second-order valence-electron chi connectivity index (χ2n) is 8.73. The largest absolute Gasteiger partial charge is 0.486 e. The average molecular weight is 477 g/mol. The molecule has 0 saturated heterocycles. The third kappa shape index (κ3) is 4.24. The van der Waals surface area contributed by atoms with Gasteiger partial charge in [-0.15, -0.1) is 0 Å². The molecule has 5 rings (SSSR count). The zero-order valence-electron chi connectivity index (χ0n) is 19.9. The molecule has 0 N–H and O–H groups in total. The van der Waals surface area contributed by atoms with Gasteiger partial charge in [-0.25, -0.2) is 4.79 Å². The predicted molar refractivity (Wildman–Crippen MR) is 130 cm³/mol. The van der Waals surface area contributed by atoms with Gasteiger partial charge in [0.05, 0.1) is 42.9 Å². The molecule has 1 aromatic heterocycles. The molecule has 35 heavy (non-hydrogen) atoms. The number of benzene rings is 2. The zero-order valence-corrected chi connectivity index (χ0v) is 19.9. The predicted octanol–water partition coefficient (Wildman–Crippen LogP) is 4.13. The van der Waals surface area contributed by atoms with Crippen LogP contribution in [-0.4, -0.2) is 48.2 Å². The molecule has 0 amide bonds. The highest BCUT2D eigenvalue weighted by Gasteiger charge is 2.36. The molecule has 182 valence electrons. The zero-order chi connectivity index (χ0) is 24.5. The molecular weight excluding hydrogens is 448 g/mol. The number of Topliss-reactive ketones (excluding diaryl/α,β-unsaturated/α-hetero) is 1. The number of hydrogen-bond acceptors (Lipinski definition) is 7. The minimum atomic E-state index is -0.430. The lowest BCUT2D eigenvalue weighted by Crippen LogP contribution is -2.42. The number of carbonyl (C=O) groups is 3. The Bertz CT molecular complexity index is 1300. The molecule has 2 aliphatic heterocycles. The summed E-state index contributed by atoms with van der Waals surface area (Å²) in [6, 6.07) is 13.6. The van der Waals surface area contributed by atoms with Crippen molar-refractivity contribution < 1.29 is 28.6 Å². The lowest BCUT2D eigenvalue weighted by Gasteiger charge is -2.38. The van der Waals surface area contributed by atoms with E-state index in [1.165, 1.54) is 0 Å². The summed E-state index contributed by atoms with van der Waals surface area (Å²) in [6.45, 7) is 5.52. The summed E-state index contributed by atoms with van der Waals surface area (Å²) in [7, 11) is 0. The summed E-state index contributed by atoms with van der Waals surface area (Å²) >= 11 is 0. The van der Waals surface area contributed by atoms with Gasteiger partial charge >= 0.3 is 11.9 Å². The summed E-state index contributed by atoms with van der Waals surface area (Å²) in [5, 5.41) is 0.742. The molecule has 1 atom stereocenters. The van der Waals surface area contributed by atoms with E-state index in [0.29, 0.717) is 48.9 Å². The van der Waals surface area contributed by atoms with Crippen LogP contribution in [-0.2, 0) is 27.4 Å². The molecule has 3 heterocycles. The van der Waals surface area contributed by atoms with Gasteiger partial charge in [0.2, 0.25) is 0 Å². The van der Waals surface area contributed by atoms with E-state index in [9.17, 15) is 14.4 Å². The van der Waals surface area contributed by atoms with Gasteiger partial charge in [0.25, 0.3) is 0 Å². The van der Waals surface area contributed by atoms with Crippen LogP contribution in [0.15, 0.2) is 42.5 Å². The standard InChI is InChI=1S/C27H28N2O6/c1-3-33-23(31)14-19-16-28(15-17-8-6-5-7-9-17)26-22(35-19)13-18-12-20(27(32)34-4-2)29-11-10-21(30)24(26)25(18)29/h5-9,12-13,19H,3-4,10-11,14-16H2,1-2H3/t19-/m0/s1. The number of nitrogens with zero attached hydrogens (tertiary/aromatic N) is 2. The van der Waals surface area contributed by atoms with Crippen molar-refractivity contribution in [1.82, 2.24) is 4.57 Å². The molecule has 0 bridgehead atoms. The second kappa shape index (κ2) is 9.44. The number of aryl methyl sites for hydroxylation is 1. The van der Waals surface area contributed by atoms with Crippen LogP contribution in [0.2, 0.25) is 0 Å². The van der Waals surface area contributed by atoms with E-state index in [4.69, 9.17) is 14.2 Å². The van der Waals surface area contributed by atoms with Crippen molar-refractivity contribution in [1.29, 1.82) is 0 Å². The quantitative estimate of drug-likeness (QED) is 0.474. The molecule has 0 aliphatic carbocycles. The fraction of sp³-hybridized carbons (Fsp3) is 0.370. The van der Waals surface area contributed by atoms with Gasteiger partial charge in [-0.1, -0.05) is 30.3 Å². The fourth-order valence-corrected chi connectivity index (χ4v) is 5.03. The van der Waals surface area contributed by atoms with Crippen molar-refractivity contribution in [2.45, 2.75) is 45.9 Å². The molecule has 0 spiro atoms. The molecule has 0 unspecified atom stereocenters. The maximum atomic E-state index is 13.3. The lowest BCUT2D eigenvalue weighted by atomic mass is 9.96. The number of ketones is 1. The number of esters is 2. The molecule has 0 saturated carbocycles. The van der Waals surface area contributed by atoms with Crippen molar-refractivity contribution in [2.75, 3.05) is 24.7 Å². The minimum Gasteiger partial charge on any atom is -0.486 e. The molecule has 2 aromatic carbocycles. The van der Waals surface area contributed by atoms with Crippen LogP contribution in [0.1, 0.15) is 53.1 Å². The molecule has 0 fully saturated rings. The Balaban J connectivity index is 1.65. The Kier molecular flexibility index (Phi) is 6.19. The third-order valence-electron chi connectivity index (χ3n) is 6.40. The SMILES string of the molecule is CCOC(=O)C[C@H]1CN(Cc2ccccc2)c2c(cc3cc(C(=O)OCC)n4c3c2C(=O)CC4)O1. The Morgan fingerprint density at radius 1 is 1.09 bits per heavy atom. The van der Waals surface area contributed by atoms with E-state index in [-0.39, 0.29) is 31.2 Å². The monoisotopic (exact) mass is 476 g/mol. The van der Waals surface area contributed by atoms with Crippen molar-refractivity contribution in [3.05, 3.63) is 59.3 Å². The number of rotatable bonds is 7. The third-order valence-corrected chi connectivity index (χ3v) is 6.40. The summed E-state index contributed by atoms with van der Waals surface area (Å²) in [6.07, 6.45) is -0.0414. The van der Waals surface area contributed by atoms with Gasteiger partial charge in [0, 0.05) is 24.9 Å². The normalized spacial score (nSPS) is 16.6. The molecular formula is C27H28N2O6. The summed E-state index contributed by atoms with van der Waals surface area (Å²) in [4.78, 5) is 40.3. The van der Waals surface area contributed by atoms with Crippen LogP contribution in [0.4, 0.5) is 5.69 Å². The van der Waals surface area contributed by atoms with Gasteiger partial charge in [-0.2, -0.15) is 0 Å². The topological polar surface area (TPSA) is 87.1 Å². The first-order valence-corrected chi connectivity index (χ1v) is 12.0. The molecule has 3 aromatic rings. The lowest BCUT2D eigenvalue weighted by molar-refractivity contribution is -0.144. The number of anilines is 1. The van der Waals surface area contributed by atoms with Crippen LogP contribution in [0.5, 0.6) is 5.75 Å². The van der Waals surface area contributed by atoms with E-state index in [1.54, 1.807) is 19.9 Å². The highest BCUT2D eigenvalue weighted by molar-refractivity contribution is 6.16. The van der Waals surface area contributed by atoms with Gasteiger partial charge in [-0.3, -0.25) is 9.59 Å². The Morgan fingerprint density at radius 3 is 2.60 bits per heavy atom. The van der Waals surface area contributed by atoms with Gasteiger partial charge < -0.3 is 23.7 Å². The van der Waals surface area contributed by atoms with E-state index < -0.39 is 12.1 Å².